The van der Waals surface area contributed by atoms with Crippen LogP contribution in [0.15, 0.2) is 55.1 Å². The fraction of sp³-hybridized carbons (Fsp3) is 0.176. The summed E-state index contributed by atoms with van der Waals surface area (Å²) in [6.45, 7) is 0.728. The molecule has 1 heterocycles. The van der Waals surface area contributed by atoms with Crippen molar-refractivity contribution < 1.29 is 0 Å². The third kappa shape index (κ3) is 4.53. The first kappa shape index (κ1) is 17.8. The molecule has 1 aromatic heterocycles. The summed E-state index contributed by atoms with van der Waals surface area (Å²) in [4.78, 5) is 4.27. The van der Waals surface area contributed by atoms with E-state index in [9.17, 15) is 0 Å². The van der Waals surface area contributed by atoms with Crippen molar-refractivity contribution in [3.05, 3.63) is 81.3 Å². The normalized spacial score (nSPS) is 12.3. The molecule has 0 spiro atoms. The molecule has 1 unspecified atom stereocenters. The van der Waals surface area contributed by atoms with Gasteiger partial charge in [0.1, 0.15) is 0 Å². The predicted octanol–water partition coefficient (Wildman–Crippen LogP) is 4.88. The summed E-state index contributed by atoms with van der Waals surface area (Å²) < 4.78 is 1.84. The van der Waals surface area contributed by atoms with E-state index in [2.05, 4.69) is 16.1 Å². The van der Waals surface area contributed by atoms with Gasteiger partial charge >= 0.3 is 163 Å². The molecule has 124 valence electrons. The maximum absolute atomic E-state index is 6.43. The summed E-state index contributed by atoms with van der Waals surface area (Å²) in [5.74, 6) is 0. The first-order valence-electron chi connectivity index (χ1n) is 7.26. The molecule has 24 heavy (non-hydrogen) atoms. The van der Waals surface area contributed by atoms with Gasteiger partial charge in [0.2, 0.25) is 0 Å². The standard InChI is InChI=1S/C17H14Cl3N3Se/c18-13-5-6-14(16(20)7-13)17(8-23-11-21-10-22-23)24-9-12-3-1-2-4-15(12)19/h1-7,10-11,17H,8-9H2. The van der Waals surface area contributed by atoms with Gasteiger partial charge in [0, 0.05) is 0 Å². The number of benzene rings is 2. The van der Waals surface area contributed by atoms with Crippen molar-refractivity contribution in [2.24, 2.45) is 0 Å². The Bertz CT molecular complexity index is 809. The zero-order valence-corrected chi connectivity index (χ0v) is 16.6. The van der Waals surface area contributed by atoms with E-state index in [1.165, 1.54) is 0 Å². The van der Waals surface area contributed by atoms with Crippen LogP contribution in [0.2, 0.25) is 15.1 Å². The van der Waals surface area contributed by atoms with Crippen LogP contribution in [0.4, 0.5) is 0 Å². The second-order valence-electron chi connectivity index (χ2n) is 5.17. The van der Waals surface area contributed by atoms with Crippen molar-refractivity contribution in [3.8, 4) is 0 Å². The molecule has 0 saturated carbocycles. The van der Waals surface area contributed by atoms with Crippen molar-refractivity contribution in [1.82, 2.24) is 14.8 Å². The molecule has 0 aliphatic heterocycles. The molecule has 2 aromatic carbocycles. The Labute approximate surface area is 162 Å². The molecule has 0 N–H and O–H groups in total. The molecule has 3 aromatic rings. The molecular weight excluding hydrogens is 432 g/mol. The topological polar surface area (TPSA) is 30.7 Å². The van der Waals surface area contributed by atoms with Crippen LogP contribution in [-0.4, -0.2) is 29.7 Å². The third-order valence-corrected chi connectivity index (χ3v) is 7.15. The van der Waals surface area contributed by atoms with E-state index < -0.39 is 0 Å². The van der Waals surface area contributed by atoms with E-state index in [1.807, 2.05) is 35.0 Å². The number of halogens is 3. The van der Waals surface area contributed by atoms with E-state index in [1.54, 1.807) is 18.7 Å². The Morgan fingerprint density at radius 2 is 1.88 bits per heavy atom. The molecule has 0 amide bonds. The molecular formula is C17H14Cl3N3Se. The Morgan fingerprint density at radius 3 is 2.58 bits per heavy atom. The summed E-state index contributed by atoms with van der Waals surface area (Å²) >= 11 is 19.0. The van der Waals surface area contributed by atoms with Gasteiger partial charge < -0.3 is 0 Å². The molecule has 0 aliphatic carbocycles. The average Bonchev–Trinajstić information content (AvgIpc) is 3.06. The van der Waals surface area contributed by atoms with Gasteiger partial charge in [-0.3, -0.25) is 0 Å². The monoisotopic (exact) mass is 445 g/mol. The van der Waals surface area contributed by atoms with Crippen molar-refractivity contribution in [2.75, 3.05) is 0 Å². The average molecular weight is 446 g/mol. The van der Waals surface area contributed by atoms with Crippen LogP contribution in [0.1, 0.15) is 15.9 Å². The fourth-order valence-electron chi connectivity index (χ4n) is 2.31. The van der Waals surface area contributed by atoms with E-state index in [0.29, 0.717) is 10.0 Å². The van der Waals surface area contributed by atoms with Crippen LogP contribution in [0.3, 0.4) is 0 Å². The first-order valence-corrected chi connectivity index (χ1v) is 10.6. The van der Waals surface area contributed by atoms with Gasteiger partial charge in [-0.15, -0.1) is 0 Å². The van der Waals surface area contributed by atoms with Crippen LogP contribution >= 0.6 is 34.8 Å². The Morgan fingerprint density at radius 1 is 1.04 bits per heavy atom. The number of nitrogens with zero attached hydrogens (tertiary/aromatic N) is 3. The van der Waals surface area contributed by atoms with Gasteiger partial charge in [-0.1, -0.05) is 0 Å². The summed E-state index contributed by atoms with van der Waals surface area (Å²) in [7, 11) is 0. The molecule has 7 heteroatoms. The van der Waals surface area contributed by atoms with E-state index in [0.717, 1.165) is 28.0 Å². The Kier molecular flexibility index (Phi) is 6.20. The Hall–Kier alpha value is -1.03. The molecule has 3 nitrogen and oxygen atoms in total. The van der Waals surface area contributed by atoms with Crippen LogP contribution in [0.5, 0.6) is 0 Å². The summed E-state index contributed by atoms with van der Waals surface area (Å²) in [5, 5.41) is 7.28. The predicted molar refractivity (Wildman–Crippen MR) is 100 cm³/mol. The van der Waals surface area contributed by atoms with Gasteiger partial charge in [-0.25, -0.2) is 0 Å². The van der Waals surface area contributed by atoms with Gasteiger partial charge in [-0.05, 0) is 0 Å². The minimum absolute atomic E-state index is 0.244. The number of aromatic nitrogens is 3. The molecule has 1 atom stereocenters. The zero-order valence-electron chi connectivity index (χ0n) is 12.6. The van der Waals surface area contributed by atoms with Crippen molar-refractivity contribution >= 4 is 49.8 Å². The van der Waals surface area contributed by atoms with Gasteiger partial charge in [0.25, 0.3) is 0 Å². The van der Waals surface area contributed by atoms with Gasteiger partial charge in [0.15, 0.2) is 0 Å². The summed E-state index contributed by atoms with van der Waals surface area (Å²) in [6, 6.07) is 13.6. The quantitative estimate of drug-likeness (QED) is 0.506. The van der Waals surface area contributed by atoms with Crippen LogP contribution in [-0.2, 0) is 11.9 Å². The number of hydrogen-bond donors (Lipinski definition) is 0. The molecule has 3 rings (SSSR count). The first-order chi connectivity index (χ1) is 11.6. The molecule has 0 bridgehead atoms. The van der Waals surface area contributed by atoms with Gasteiger partial charge in [0.05, 0.1) is 0 Å². The van der Waals surface area contributed by atoms with E-state index >= 15 is 0 Å². The van der Waals surface area contributed by atoms with Crippen LogP contribution in [0.25, 0.3) is 0 Å². The molecule has 0 aliphatic rings. The Balaban J connectivity index is 1.83. The van der Waals surface area contributed by atoms with Crippen LogP contribution < -0.4 is 0 Å². The van der Waals surface area contributed by atoms with Gasteiger partial charge in [-0.2, -0.15) is 0 Å². The summed E-state index contributed by atoms with van der Waals surface area (Å²) in [6.07, 6.45) is 3.27. The molecule has 0 fully saturated rings. The minimum atomic E-state index is 0.244. The number of rotatable bonds is 6. The molecule has 0 saturated heterocycles. The van der Waals surface area contributed by atoms with Crippen LogP contribution in [0, 0.1) is 0 Å². The SMILES string of the molecule is Clc1ccc(C(Cn2cncn2)[Se]Cc2ccccc2Cl)c(Cl)c1. The maximum atomic E-state index is 6.43. The zero-order chi connectivity index (χ0) is 16.9. The van der Waals surface area contributed by atoms with E-state index in [-0.39, 0.29) is 19.8 Å². The molecule has 0 radical (unpaired) electrons. The third-order valence-electron chi connectivity index (χ3n) is 3.53. The second-order valence-corrected chi connectivity index (χ2v) is 8.92. The summed E-state index contributed by atoms with van der Waals surface area (Å²) in [5.41, 5.74) is 2.25. The van der Waals surface area contributed by atoms with Crippen molar-refractivity contribution in [1.29, 1.82) is 0 Å². The van der Waals surface area contributed by atoms with Crippen molar-refractivity contribution in [3.63, 3.8) is 0 Å². The number of hydrogen-bond acceptors (Lipinski definition) is 2. The second kappa shape index (κ2) is 8.37. The van der Waals surface area contributed by atoms with Crippen molar-refractivity contribution in [2.45, 2.75) is 16.7 Å². The van der Waals surface area contributed by atoms with E-state index in [4.69, 9.17) is 34.8 Å². The fourth-order valence-corrected chi connectivity index (χ4v) is 6.05.